The molecule has 0 aromatic heterocycles. The molecule has 0 amide bonds. The smallest absolute Gasteiger partial charge is 0.317 e. The average molecular weight is 298 g/mol. The van der Waals surface area contributed by atoms with Crippen LogP contribution in [0.4, 0.5) is 0 Å². The van der Waals surface area contributed by atoms with Crippen molar-refractivity contribution in [2.45, 2.75) is 37.3 Å². The highest BCUT2D eigenvalue weighted by Crippen LogP contribution is 2.36. The maximum Gasteiger partial charge on any atom is 0.317 e. The molecule has 6 nitrogen and oxygen atoms in total. The van der Waals surface area contributed by atoms with Crippen LogP contribution in [0.3, 0.4) is 0 Å². The molecule has 3 saturated heterocycles. The number of ether oxygens (including phenoxy) is 2. The lowest BCUT2D eigenvalue weighted by atomic mass is 9.83. The van der Waals surface area contributed by atoms with Crippen LogP contribution in [0.5, 0.6) is 0 Å². The molecule has 0 bridgehead atoms. The molecule has 120 valence electrons. The second kappa shape index (κ2) is 6.60. The van der Waals surface area contributed by atoms with E-state index < -0.39 is 5.97 Å². The van der Waals surface area contributed by atoms with E-state index in [0.29, 0.717) is 6.04 Å². The summed E-state index contributed by atoms with van der Waals surface area (Å²) in [7, 11) is 0. The quantitative estimate of drug-likeness (QED) is 0.815. The van der Waals surface area contributed by atoms with Crippen molar-refractivity contribution in [2.75, 3.05) is 52.5 Å². The minimum Gasteiger partial charge on any atom is -0.480 e. The van der Waals surface area contributed by atoms with E-state index in [1.807, 2.05) is 4.90 Å². The third-order valence-electron chi connectivity index (χ3n) is 5.15. The normalized spacial score (nSPS) is 31.3. The molecule has 0 saturated carbocycles. The highest BCUT2D eigenvalue weighted by Gasteiger charge is 2.41. The van der Waals surface area contributed by atoms with Crippen LogP contribution in [-0.2, 0) is 14.3 Å². The molecule has 21 heavy (non-hydrogen) atoms. The fourth-order valence-electron chi connectivity index (χ4n) is 3.88. The minimum atomic E-state index is -0.726. The molecule has 3 rings (SSSR count). The minimum absolute atomic E-state index is 0.0410. The molecule has 3 heterocycles. The number of carbonyl (C=O) groups is 1. The van der Waals surface area contributed by atoms with Gasteiger partial charge in [-0.15, -0.1) is 0 Å². The summed E-state index contributed by atoms with van der Waals surface area (Å²) < 4.78 is 11.6. The van der Waals surface area contributed by atoms with Crippen molar-refractivity contribution >= 4 is 5.97 Å². The molecule has 3 aliphatic heterocycles. The van der Waals surface area contributed by atoms with Gasteiger partial charge in [-0.25, -0.2) is 0 Å². The standard InChI is InChI=1S/C15H26N2O4/c18-14(19)12-16-4-6-17(7-5-16)13-1-8-21-15(11-13)2-9-20-10-3-15/h13H,1-12H2,(H,18,19). The number of aliphatic carboxylic acids is 1. The van der Waals surface area contributed by atoms with Gasteiger partial charge in [-0.1, -0.05) is 0 Å². The number of carboxylic acids is 1. The first kappa shape index (κ1) is 15.2. The van der Waals surface area contributed by atoms with Gasteiger partial charge in [0.05, 0.1) is 12.1 Å². The van der Waals surface area contributed by atoms with Crippen molar-refractivity contribution in [1.82, 2.24) is 9.80 Å². The van der Waals surface area contributed by atoms with Gasteiger partial charge in [-0.2, -0.15) is 0 Å². The van der Waals surface area contributed by atoms with E-state index in [0.717, 1.165) is 71.7 Å². The van der Waals surface area contributed by atoms with Gasteiger partial charge in [-0.3, -0.25) is 14.6 Å². The van der Waals surface area contributed by atoms with E-state index >= 15 is 0 Å². The highest BCUT2D eigenvalue weighted by molar-refractivity contribution is 5.69. The largest absolute Gasteiger partial charge is 0.480 e. The Morgan fingerprint density at radius 2 is 1.86 bits per heavy atom. The molecule has 1 atom stereocenters. The van der Waals surface area contributed by atoms with Crippen LogP contribution in [0.15, 0.2) is 0 Å². The molecule has 1 N–H and O–H groups in total. The zero-order chi connectivity index (χ0) is 14.7. The van der Waals surface area contributed by atoms with Gasteiger partial charge in [0.25, 0.3) is 0 Å². The van der Waals surface area contributed by atoms with Gasteiger partial charge in [0, 0.05) is 52.0 Å². The van der Waals surface area contributed by atoms with Gasteiger partial charge in [0.1, 0.15) is 0 Å². The second-order valence-corrected chi connectivity index (χ2v) is 6.50. The van der Waals surface area contributed by atoms with Crippen molar-refractivity contribution in [1.29, 1.82) is 0 Å². The number of hydrogen-bond acceptors (Lipinski definition) is 5. The summed E-state index contributed by atoms with van der Waals surface area (Å²) in [5.74, 6) is -0.726. The molecular formula is C15H26N2O4. The maximum atomic E-state index is 10.8. The predicted molar refractivity (Wildman–Crippen MR) is 77.4 cm³/mol. The Morgan fingerprint density at radius 1 is 1.14 bits per heavy atom. The maximum absolute atomic E-state index is 10.8. The van der Waals surface area contributed by atoms with Gasteiger partial charge in [-0.05, 0) is 25.7 Å². The molecule has 0 aromatic carbocycles. The van der Waals surface area contributed by atoms with E-state index in [1.165, 1.54) is 0 Å². The van der Waals surface area contributed by atoms with Crippen molar-refractivity contribution in [3.05, 3.63) is 0 Å². The monoisotopic (exact) mass is 298 g/mol. The van der Waals surface area contributed by atoms with Crippen LogP contribution < -0.4 is 0 Å². The van der Waals surface area contributed by atoms with Crippen molar-refractivity contribution in [2.24, 2.45) is 0 Å². The fraction of sp³-hybridized carbons (Fsp3) is 0.933. The van der Waals surface area contributed by atoms with Gasteiger partial charge in [0.15, 0.2) is 0 Å². The Labute approximate surface area is 126 Å². The Bertz CT molecular complexity index is 357. The van der Waals surface area contributed by atoms with Gasteiger partial charge in [0.2, 0.25) is 0 Å². The molecule has 0 aromatic rings. The first-order valence-corrected chi connectivity index (χ1v) is 8.07. The lowest BCUT2D eigenvalue weighted by Crippen LogP contribution is -2.56. The predicted octanol–water partition coefficient (Wildman–Crippen LogP) is 0.417. The van der Waals surface area contributed by atoms with Crippen LogP contribution in [0.1, 0.15) is 25.7 Å². The summed E-state index contributed by atoms with van der Waals surface area (Å²) in [5.41, 5.74) is 0.0410. The third-order valence-corrected chi connectivity index (χ3v) is 5.15. The topological polar surface area (TPSA) is 62.2 Å². The Kier molecular flexibility index (Phi) is 4.78. The van der Waals surface area contributed by atoms with Crippen LogP contribution in [-0.4, -0.2) is 85.1 Å². The summed E-state index contributed by atoms with van der Waals surface area (Å²) in [6.07, 6.45) is 4.24. The molecule has 6 heteroatoms. The average Bonchev–Trinajstić information content (AvgIpc) is 2.48. The Balaban J connectivity index is 1.52. The molecule has 3 aliphatic rings. The van der Waals surface area contributed by atoms with Crippen molar-refractivity contribution in [3.63, 3.8) is 0 Å². The van der Waals surface area contributed by atoms with E-state index in [2.05, 4.69) is 4.90 Å². The van der Waals surface area contributed by atoms with Crippen molar-refractivity contribution in [3.8, 4) is 0 Å². The molecule has 1 spiro atoms. The van der Waals surface area contributed by atoms with Crippen LogP contribution in [0.2, 0.25) is 0 Å². The van der Waals surface area contributed by atoms with E-state index in [1.54, 1.807) is 0 Å². The number of nitrogens with zero attached hydrogens (tertiary/aromatic N) is 2. The summed E-state index contributed by atoms with van der Waals surface area (Å²) in [4.78, 5) is 15.3. The molecule has 0 radical (unpaired) electrons. The zero-order valence-electron chi connectivity index (χ0n) is 12.6. The Morgan fingerprint density at radius 3 is 2.52 bits per heavy atom. The van der Waals surface area contributed by atoms with E-state index in [-0.39, 0.29) is 12.1 Å². The second-order valence-electron chi connectivity index (χ2n) is 6.50. The lowest BCUT2D eigenvalue weighted by molar-refractivity contribution is -0.153. The fourth-order valence-corrected chi connectivity index (χ4v) is 3.88. The lowest BCUT2D eigenvalue weighted by Gasteiger charge is -2.48. The number of rotatable bonds is 3. The first-order chi connectivity index (χ1) is 10.2. The van der Waals surface area contributed by atoms with E-state index in [4.69, 9.17) is 14.6 Å². The van der Waals surface area contributed by atoms with E-state index in [9.17, 15) is 4.79 Å². The van der Waals surface area contributed by atoms with Crippen LogP contribution in [0, 0.1) is 0 Å². The summed E-state index contributed by atoms with van der Waals surface area (Å²) >= 11 is 0. The number of hydrogen-bond donors (Lipinski definition) is 1. The van der Waals surface area contributed by atoms with Gasteiger partial charge >= 0.3 is 5.97 Å². The zero-order valence-corrected chi connectivity index (χ0v) is 12.6. The van der Waals surface area contributed by atoms with Crippen LogP contribution >= 0.6 is 0 Å². The highest BCUT2D eigenvalue weighted by atomic mass is 16.5. The van der Waals surface area contributed by atoms with Gasteiger partial charge < -0.3 is 14.6 Å². The number of piperazine rings is 1. The summed E-state index contributed by atoms with van der Waals surface area (Å²) in [6, 6.07) is 0.587. The first-order valence-electron chi connectivity index (χ1n) is 8.07. The van der Waals surface area contributed by atoms with Crippen LogP contribution in [0.25, 0.3) is 0 Å². The molecule has 1 unspecified atom stereocenters. The number of carboxylic acid groups (broad SMARTS) is 1. The van der Waals surface area contributed by atoms with Crippen molar-refractivity contribution < 1.29 is 19.4 Å². The third kappa shape index (κ3) is 3.74. The summed E-state index contributed by atoms with van der Waals surface area (Å²) in [5, 5.41) is 8.86. The SMILES string of the molecule is O=C(O)CN1CCN(C2CCOC3(CCOCC3)C2)CC1. The molecule has 3 fully saturated rings. The molecule has 0 aliphatic carbocycles. The Hall–Kier alpha value is -0.690. The summed E-state index contributed by atoms with van der Waals surface area (Å²) in [6.45, 7) is 6.33. The molecular weight excluding hydrogens is 272 g/mol.